The van der Waals surface area contributed by atoms with Gasteiger partial charge in [-0.05, 0) is 86.1 Å². The Morgan fingerprint density at radius 1 is 1.12 bits per heavy atom. The molecule has 1 saturated carbocycles. The highest BCUT2D eigenvalue weighted by molar-refractivity contribution is 7.84. The molecule has 6 rings (SSSR count). The van der Waals surface area contributed by atoms with Crippen molar-refractivity contribution in [3.8, 4) is 17.1 Å². The average Bonchev–Trinajstić information content (AvgIpc) is 3.71. The number of hydrogen-bond acceptors (Lipinski definition) is 7. The van der Waals surface area contributed by atoms with Crippen molar-refractivity contribution in [1.82, 2.24) is 14.9 Å². The maximum absolute atomic E-state index is 13.5. The van der Waals surface area contributed by atoms with Gasteiger partial charge in [-0.1, -0.05) is 23.7 Å². The minimum atomic E-state index is -0.954. The fourth-order valence-corrected chi connectivity index (χ4v) is 6.05. The summed E-state index contributed by atoms with van der Waals surface area (Å²) >= 11 is 6.51. The van der Waals surface area contributed by atoms with E-state index >= 15 is 0 Å². The molecule has 1 aliphatic carbocycles. The first kappa shape index (κ1) is 28.3. The number of ether oxygens (including phenoxy) is 1. The molecule has 2 atom stereocenters. The lowest BCUT2D eigenvalue weighted by Gasteiger charge is -2.25. The van der Waals surface area contributed by atoms with Crippen molar-refractivity contribution in [2.24, 2.45) is 0 Å². The van der Waals surface area contributed by atoms with Crippen molar-refractivity contribution in [1.29, 1.82) is 0 Å². The molecule has 10 heteroatoms. The SMILES string of the molecule is CN(C1CC1)[C@H](CS(C)=O)c1ccc(-c2ccc3ncnc(Nc4ccc(OCc5cccc(F)c5)c(Cl)c4)c3c2)o1. The third-order valence-electron chi connectivity index (χ3n) is 7.36. The summed E-state index contributed by atoms with van der Waals surface area (Å²) in [5.74, 6) is 2.86. The molecular weight excluding hydrogens is 575 g/mol. The predicted molar refractivity (Wildman–Crippen MR) is 165 cm³/mol. The molecule has 0 spiro atoms. The molecule has 0 bridgehead atoms. The van der Waals surface area contributed by atoms with E-state index in [0.29, 0.717) is 33.9 Å². The second-order valence-corrected chi connectivity index (χ2v) is 12.4. The Morgan fingerprint density at radius 3 is 2.74 bits per heavy atom. The van der Waals surface area contributed by atoms with Crippen LogP contribution in [-0.2, 0) is 17.4 Å². The molecule has 1 fully saturated rings. The maximum Gasteiger partial charge on any atom is 0.141 e. The highest BCUT2D eigenvalue weighted by Gasteiger charge is 2.34. The zero-order chi connectivity index (χ0) is 29.2. The molecule has 5 aromatic rings. The van der Waals surface area contributed by atoms with E-state index in [1.807, 2.05) is 36.4 Å². The standard InChI is InChI=1S/C32H30ClFN4O3S/c1-38(24-8-9-24)28(18-42(2)39)31-13-12-29(41-31)21-6-10-27-25(15-21)32(36-19-35-27)37-23-7-11-30(26(33)16-23)40-17-20-4-3-5-22(34)14-20/h3-7,10-16,19,24,28H,8-9,17-18H2,1-2H3,(H,35,36,37)/t28-,42?/m1/s1. The third-order valence-corrected chi connectivity index (χ3v) is 8.44. The van der Waals surface area contributed by atoms with Crippen molar-refractivity contribution < 1.29 is 17.8 Å². The van der Waals surface area contributed by atoms with E-state index in [4.69, 9.17) is 20.8 Å². The number of fused-ring (bicyclic) bond motifs is 1. The van der Waals surface area contributed by atoms with E-state index in [1.54, 1.807) is 30.5 Å². The first-order chi connectivity index (χ1) is 20.3. The average molecular weight is 605 g/mol. The predicted octanol–water partition coefficient (Wildman–Crippen LogP) is 7.52. The molecule has 0 radical (unpaired) electrons. The van der Waals surface area contributed by atoms with Crippen molar-refractivity contribution in [2.45, 2.75) is 31.5 Å². The zero-order valence-electron chi connectivity index (χ0n) is 23.2. The van der Waals surface area contributed by atoms with Gasteiger partial charge in [-0.3, -0.25) is 9.11 Å². The molecule has 0 aliphatic heterocycles. The van der Waals surface area contributed by atoms with Crippen LogP contribution in [0.5, 0.6) is 5.75 Å². The van der Waals surface area contributed by atoms with Crippen LogP contribution in [0.2, 0.25) is 5.02 Å². The Labute approximate surface area is 251 Å². The molecule has 216 valence electrons. The molecule has 7 nitrogen and oxygen atoms in total. The Hall–Kier alpha value is -3.79. The van der Waals surface area contributed by atoms with Gasteiger partial charge in [0.2, 0.25) is 0 Å². The minimum absolute atomic E-state index is 0.0383. The van der Waals surface area contributed by atoms with Gasteiger partial charge in [0, 0.05) is 45.5 Å². The number of nitrogens with zero attached hydrogens (tertiary/aromatic N) is 3. The second kappa shape index (κ2) is 12.2. The van der Waals surface area contributed by atoms with Gasteiger partial charge in [-0.25, -0.2) is 14.4 Å². The number of aromatic nitrogens is 2. The zero-order valence-corrected chi connectivity index (χ0v) is 24.8. The van der Waals surface area contributed by atoms with Crippen molar-refractivity contribution in [3.63, 3.8) is 0 Å². The lowest BCUT2D eigenvalue weighted by Crippen LogP contribution is -2.30. The molecule has 0 saturated heterocycles. The summed E-state index contributed by atoms with van der Waals surface area (Å²) in [5, 5.41) is 4.57. The lowest BCUT2D eigenvalue weighted by molar-refractivity contribution is 0.226. The van der Waals surface area contributed by atoms with Crippen LogP contribution >= 0.6 is 11.6 Å². The number of nitrogens with one attached hydrogen (secondary N) is 1. The Bertz CT molecular complexity index is 1760. The summed E-state index contributed by atoms with van der Waals surface area (Å²) in [4.78, 5) is 11.2. The summed E-state index contributed by atoms with van der Waals surface area (Å²) in [7, 11) is 1.13. The van der Waals surface area contributed by atoms with Crippen molar-refractivity contribution in [3.05, 3.63) is 101 Å². The van der Waals surface area contributed by atoms with Gasteiger partial charge in [0.15, 0.2) is 0 Å². The van der Waals surface area contributed by atoms with E-state index in [1.165, 1.54) is 18.5 Å². The number of halogens is 2. The van der Waals surface area contributed by atoms with Gasteiger partial charge < -0.3 is 14.5 Å². The van der Waals surface area contributed by atoms with Crippen LogP contribution in [-0.4, -0.2) is 44.2 Å². The second-order valence-electron chi connectivity index (χ2n) is 10.5. The van der Waals surface area contributed by atoms with E-state index in [-0.39, 0.29) is 18.5 Å². The first-order valence-corrected chi connectivity index (χ1v) is 15.8. The van der Waals surface area contributed by atoms with Crippen LogP contribution in [0.3, 0.4) is 0 Å². The normalized spacial score (nSPS) is 14.7. The van der Waals surface area contributed by atoms with Crippen LogP contribution in [0.1, 0.15) is 30.2 Å². The number of hydrogen-bond donors (Lipinski definition) is 1. The number of furan rings is 1. The number of anilines is 2. The fourth-order valence-electron chi connectivity index (χ4n) is 4.98. The van der Waals surface area contributed by atoms with E-state index in [0.717, 1.165) is 46.5 Å². The minimum Gasteiger partial charge on any atom is -0.487 e. The number of rotatable bonds is 11. The fraction of sp³-hybridized carbons (Fsp3) is 0.250. The molecule has 42 heavy (non-hydrogen) atoms. The van der Waals surface area contributed by atoms with Crippen molar-refractivity contribution in [2.75, 3.05) is 24.4 Å². The summed E-state index contributed by atoms with van der Waals surface area (Å²) in [6, 6.07) is 22.0. The summed E-state index contributed by atoms with van der Waals surface area (Å²) in [5.41, 5.74) is 3.10. The molecular formula is C32H30ClFN4O3S. The Kier molecular flexibility index (Phi) is 8.24. The summed E-state index contributed by atoms with van der Waals surface area (Å²) in [6.07, 6.45) is 5.56. The summed E-state index contributed by atoms with van der Waals surface area (Å²) in [6.45, 7) is 0.200. The van der Waals surface area contributed by atoms with Gasteiger partial charge in [0.25, 0.3) is 0 Å². The Morgan fingerprint density at radius 2 is 1.98 bits per heavy atom. The first-order valence-electron chi connectivity index (χ1n) is 13.6. The lowest BCUT2D eigenvalue weighted by atomic mass is 10.1. The highest BCUT2D eigenvalue weighted by atomic mass is 35.5. The van der Waals surface area contributed by atoms with Crippen LogP contribution in [0.15, 0.2) is 83.5 Å². The number of benzene rings is 3. The van der Waals surface area contributed by atoms with Crippen LogP contribution < -0.4 is 10.1 Å². The Balaban J connectivity index is 1.22. The summed E-state index contributed by atoms with van der Waals surface area (Å²) < 4.78 is 37.7. The van der Waals surface area contributed by atoms with Gasteiger partial charge in [0.05, 0.1) is 16.6 Å². The van der Waals surface area contributed by atoms with E-state index in [9.17, 15) is 8.60 Å². The largest absolute Gasteiger partial charge is 0.487 e. The third kappa shape index (κ3) is 6.48. The molecule has 1 aliphatic rings. The van der Waals surface area contributed by atoms with Gasteiger partial charge in [-0.2, -0.15) is 0 Å². The van der Waals surface area contributed by atoms with Crippen LogP contribution in [0, 0.1) is 5.82 Å². The quantitative estimate of drug-likeness (QED) is 0.167. The highest BCUT2D eigenvalue weighted by Crippen LogP contribution is 2.37. The molecule has 1 N–H and O–H groups in total. The van der Waals surface area contributed by atoms with E-state index in [2.05, 4.69) is 27.2 Å². The van der Waals surface area contributed by atoms with E-state index < -0.39 is 10.8 Å². The molecule has 1 unspecified atom stereocenters. The van der Waals surface area contributed by atoms with Gasteiger partial charge in [0.1, 0.15) is 41.8 Å². The van der Waals surface area contributed by atoms with Gasteiger partial charge in [-0.15, -0.1) is 0 Å². The molecule has 0 amide bonds. The molecule has 2 aromatic heterocycles. The topological polar surface area (TPSA) is 80.5 Å². The van der Waals surface area contributed by atoms with Gasteiger partial charge >= 0.3 is 0 Å². The van der Waals surface area contributed by atoms with Crippen LogP contribution in [0.25, 0.3) is 22.2 Å². The monoisotopic (exact) mass is 604 g/mol. The molecule has 3 aromatic carbocycles. The smallest absolute Gasteiger partial charge is 0.141 e. The maximum atomic E-state index is 13.5. The van der Waals surface area contributed by atoms with Crippen LogP contribution in [0.4, 0.5) is 15.9 Å². The molecule has 2 heterocycles. The van der Waals surface area contributed by atoms with Crippen molar-refractivity contribution >= 4 is 44.8 Å².